The van der Waals surface area contributed by atoms with Crippen molar-refractivity contribution in [3.05, 3.63) is 84.6 Å². The van der Waals surface area contributed by atoms with Crippen molar-refractivity contribution in [3.8, 4) is 11.6 Å². The molecule has 0 unspecified atom stereocenters. The quantitative estimate of drug-likeness (QED) is 0.395. The molecule has 0 spiro atoms. The molecule has 172 valence electrons. The molecule has 0 aliphatic heterocycles. The van der Waals surface area contributed by atoms with Gasteiger partial charge in [0.25, 0.3) is 10.0 Å². The minimum Gasteiger partial charge on any atom is -0.505 e. The third kappa shape index (κ3) is 3.39. The summed E-state index contributed by atoms with van der Waals surface area (Å²) in [4.78, 5) is 8.20. The van der Waals surface area contributed by atoms with Crippen molar-refractivity contribution in [2.45, 2.75) is 11.6 Å². The van der Waals surface area contributed by atoms with Gasteiger partial charge in [0.1, 0.15) is 11.3 Å². The van der Waals surface area contributed by atoms with Crippen LogP contribution in [0.25, 0.3) is 21.7 Å². The van der Waals surface area contributed by atoms with Gasteiger partial charge in [-0.05, 0) is 42.0 Å². The van der Waals surface area contributed by atoms with E-state index in [0.717, 1.165) is 4.31 Å². The van der Waals surface area contributed by atoms with E-state index in [0.29, 0.717) is 16.3 Å². The number of aromatic nitrogens is 3. The van der Waals surface area contributed by atoms with Crippen LogP contribution in [0.15, 0.2) is 78.2 Å². The van der Waals surface area contributed by atoms with Gasteiger partial charge in [0, 0.05) is 36.4 Å². The van der Waals surface area contributed by atoms with Gasteiger partial charge >= 0.3 is 0 Å². The number of hydrogen-bond donors (Lipinski definition) is 2. The van der Waals surface area contributed by atoms with Crippen molar-refractivity contribution in [2.24, 2.45) is 0 Å². The fourth-order valence-electron chi connectivity index (χ4n) is 4.01. The highest BCUT2D eigenvalue weighted by Crippen LogP contribution is 2.46. The molecule has 0 bridgehead atoms. The molecular weight excluding hydrogens is 459 g/mol. The summed E-state index contributed by atoms with van der Waals surface area (Å²) in [6, 6.07) is 13.6. The van der Waals surface area contributed by atoms with Crippen LogP contribution in [0.4, 0.5) is 10.1 Å². The standard InChI is InChI=1S/C24H19FN4O4S/c1-28(34(32,33)19-6-2-3-11-26-19)22-17-5-4-12-27-21(17)23(30)20-18(22)14-29(24(20)31)13-15-7-9-16(25)10-8-15/h2-12,14,30-31H,13H2,1H3. The Labute approximate surface area is 194 Å². The molecule has 3 aromatic heterocycles. The maximum atomic E-state index is 13.4. The first-order valence-corrected chi connectivity index (χ1v) is 11.7. The van der Waals surface area contributed by atoms with Crippen LogP contribution in [0.2, 0.25) is 0 Å². The van der Waals surface area contributed by atoms with Crippen molar-refractivity contribution < 1.29 is 23.0 Å². The number of phenolic OH excluding ortho intramolecular Hbond substituents is 1. The zero-order chi connectivity index (χ0) is 24.0. The molecule has 10 heteroatoms. The summed E-state index contributed by atoms with van der Waals surface area (Å²) < 4.78 is 42.6. The van der Waals surface area contributed by atoms with Gasteiger partial charge < -0.3 is 14.8 Å². The fourth-order valence-corrected chi connectivity index (χ4v) is 5.18. The number of anilines is 1. The molecule has 0 fully saturated rings. The van der Waals surface area contributed by atoms with Gasteiger partial charge in [-0.15, -0.1) is 0 Å². The average Bonchev–Trinajstić information content (AvgIpc) is 3.17. The highest BCUT2D eigenvalue weighted by molar-refractivity contribution is 7.92. The van der Waals surface area contributed by atoms with Crippen LogP contribution in [0.3, 0.4) is 0 Å². The summed E-state index contributed by atoms with van der Waals surface area (Å²) in [5.74, 6) is -0.924. The van der Waals surface area contributed by atoms with E-state index in [4.69, 9.17) is 0 Å². The summed E-state index contributed by atoms with van der Waals surface area (Å²) >= 11 is 0. The highest BCUT2D eigenvalue weighted by atomic mass is 32.2. The highest BCUT2D eigenvalue weighted by Gasteiger charge is 2.29. The number of hydrogen-bond acceptors (Lipinski definition) is 6. The zero-order valence-corrected chi connectivity index (χ0v) is 18.7. The lowest BCUT2D eigenvalue weighted by Gasteiger charge is -2.22. The van der Waals surface area contributed by atoms with Gasteiger partial charge in [0.15, 0.2) is 10.8 Å². The van der Waals surface area contributed by atoms with E-state index in [1.165, 1.54) is 42.2 Å². The second kappa shape index (κ2) is 7.99. The average molecular weight is 479 g/mol. The SMILES string of the molecule is CN(c1c2cccnc2c(O)c2c(O)n(Cc3ccc(F)cc3)cc12)S(=O)(=O)c1ccccn1. The van der Waals surface area contributed by atoms with Crippen LogP contribution in [0, 0.1) is 5.82 Å². The van der Waals surface area contributed by atoms with Crippen molar-refractivity contribution in [3.63, 3.8) is 0 Å². The van der Waals surface area contributed by atoms with E-state index >= 15 is 0 Å². The van der Waals surface area contributed by atoms with Crippen molar-refractivity contribution in [1.29, 1.82) is 0 Å². The van der Waals surface area contributed by atoms with Crippen LogP contribution in [-0.2, 0) is 16.6 Å². The van der Waals surface area contributed by atoms with Crippen LogP contribution in [-0.4, -0.2) is 40.2 Å². The number of fused-ring (bicyclic) bond motifs is 2. The van der Waals surface area contributed by atoms with E-state index in [1.807, 2.05) is 0 Å². The van der Waals surface area contributed by atoms with Gasteiger partial charge in [0.05, 0.1) is 17.6 Å². The maximum Gasteiger partial charge on any atom is 0.281 e. The Morgan fingerprint density at radius 1 is 0.971 bits per heavy atom. The maximum absolute atomic E-state index is 13.4. The number of rotatable bonds is 5. The van der Waals surface area contributed by atoms with Crippen LogP contribution >= 0.6 is 0 Å². The number of aromatic hydroxyl groups is 2. The van der Waals surface area contributed by atoms with Gasteiger partial charge in [-0.3, -0.25) is 9.29 Å². The Kier molecular flexibility index (Phi) is 5.09. The largest absolute Gasteiger partial charge is 0.505 e. The van der Waals surface area contributed by atoms with E-state index < -0.39 is 10.0 Å². The lowest BCUT2D eigenvalue weighted by Crippen LogP contribution is -2.27. The molecule has 8 nitrogen and oxygen atoms in total. The van der Waals surface area contributed by atoms with Gasteiger partial charge in [0.2, 0.25) is 5.88 Å². The Bertz CT molecular complexity index is 1640. The Morgan fingerprint density at radius 2 is 1.71 bits per heavy atom. The second-order valence-corrected chi connectivity index (χ2v) is 9.65. The minimum atomic E-state index is -4.07. The lowest BCUT2D eigenvalue weighted by molar-refractivity contribution is 0.425. The number of nitrogens with zero attached hydrogens (tertiary/aromatic N) is 4. The normalized spacial score (nSPS) is 11.8. The zero-order valence-electron chi connectivity index (χ0n) is 17.9. The molecule has 0 saturated heterocycles. The minimum absolute atomic E-state index is 0.0615. The fraction of sp³-hybridized carbons (Fsp3) is 0.0833. The first-order valence-electron chi connectivity index (χ1n) is 10.2. The molecule has 5 aromatic rings. The Morgan fingerprint density at radius 3 is 2.41 bits per heavy atom. The van der Waals surface area contributed by atoms with Gasteiger partial charge in [-0.1, -0.05) is 18.2 Å². The first-order chi connectivity index (χ1) is 16.3. The van der Waals surface area contributed by atoms with E-state index in [9.17, 15) is 23.0 Å². The molecule has 0 saturated carbocycles. The lowest BCUT2D eigenvalue weighted by atomic mass is 10.1. The second-order valence-electron chi connectivity index (χ2n) is 7.73. The predicted octanol–water partition coefficient (Wildman–Crippen LogP) is 4.01. The third-order valence-electron chi connectivity index (χ3n) is 5.67. The molecule has 3 heterocycles. The summed E-state index contributed by atoms with van der Waals surface area (Å²) in [5, 5.41) is 22.6. The summed E-state index contributed by atoms with van der Waals surface area (Å²) in [5.41, 5.74) is 1.08. The number of phenols is 1. The molecule has 0 aliphatic carbocycles. The molecule has 0 atom stereocenters. The summed E-state index contributed by atoms with van der Waals surface area (Å²) in [6.45, 7) is 0.167. The summed E-state index contributed by atoms with van der Waals surface area (Å²) in [6.07, 6.45) is 4.41. The molecule has 34 heavy (non-hydrogen) atoms. The molecule has 0 amide bonds. The molecule has 2 N–H and O–H groups in total. The van der Waals surface area contributed by atoms with Crippen LogP contribution in [0.1, 0.15) is 5.56 Å². The number of pyridine rings is 2. The van der Waals surface area contributed by atoms with Crippen LogP contribution in [0.5, 0.6) is 11.6 Å². The number of benzene rings is 2. The van der Waals surface area contributed by atoms with E-state index in [-0.39, 0.29) is 45.6 Å². The molecule has 5 rings (SSSR count). The molecular formula is C24H19FN4O4S. The predicted molar refractivity (Wildman–Crippen MR) is 126 cm³/mol. The van der Waals surface area contributed by atoms with E-state index in [1.54, 1.807) is 42.6 Å². The molecule has 2 aromatic carbocycles. The smallest absolute Gasteiger partial charge is 0.281 e. The van der Waals surface area contributed by atoms with Gasteiger partial charge in [-0.2, -0.15) is 8.42 Å². The Balaban J connectivity index is 1.77. The van der Waals surface area contributed by atoms with E-state index in [2.05, 4.69) is 9.97 Å². The van der Waals surface area contributed by atoms with Gasteiger partial charge in [-0.25, -0.2) is 9.37 Å². The van der Waals surface area contributed by atoms with Crippen molar-refractivity contribution in [1.82, 2.24) is 14.5 Å². The number of halogens is 1. The Hall–Kier alpha value is -4.18. The number of sulfonamides is 1. The first kappa shape index (κ1) is 21.7. The van der Waals surface area contributed by atoms with Crippen molar-refractivity contribution >= 4 is 37.4 Å². The topological polar surface area (TPSA) is 109 Å². The van der Waals surface area contributed by atoms with Crippen molar-refractivity contribution in [2.75, 3.05) is 11.4 Å². The summed E-state index contributed by atoms with van der Waals surface area (Å²) in [7, 11) is -2.69. The monoisotopic (exact) mass is 478 g/mol. The third-order valence-corrected chi connectivity index (χ3v) is 7.35. The molecule has 0 aliphatic rings. The van der Waals surface area contributed by atoms with Crippen LogP contribution < -0.4 is 4.31 Å². The molecule has 0 radical (unpaired) electrons.